The summed E-state index contributed by atoms with van der Waals surface area (Å²) in [6.07, 6.45) is 13.7. The van der Waals surface area contributed by atoms with Gasteiger partial charge in [-0.2, -0.15) is 0 Å². The predicted octanol–water partition coefficient (Wildman–Crippen LogP) is 3.49. The van der Waals surface area contributed by atoms with Gasteiger partial charge in [0.05, 0.1) is 12.3 Å². The van der Waals surface area contributed by atoms with E-state index in [0.717, 1.165) is 19.3 Å². The Hall–Kier alpha value is 1.95. The molecule has 22 heavy (non-hydrogen) atoms. The third-order valence-electron chi connectivity index (χ3n) is 3.30. The quantitative estimate of drug-likeness (QED) is 0.299. The molecule has 1 atom stereocenters. The van der Waals surface area contributed by atoms with Crippen molar-refractivity contribution in [2.24, 2.45) is 5.92 Å². The number of carboxylic acids is 2. The number of rotatable bonds is 13. The molecule has 0 amide bonds. The van der Waals surface area contributed by atoms with Crippen molar-refractivity contribution in [2.75, 3.05) is 0 Å². The Bertz CT molecular complexity index is 307. The summed E-state index contributed by atoms with van der Waals surface area (Å²) in [6.45, 7) is 2.21. The van der Waals surface area contributed by atoms with Crippen LogP contribution in [0, 0.1) is 5.92 Å². The zero-order valence-electron chi connectivity index (χ0n) is 14.5. The number of unbranched alkanes of at least 4 members (excludes halogenated alkanes) is 8. The Morgan fingerprint density at radius 2 is 1.41 bits per heavy atom. The summed E-state index contributed by atoms with van der Waals surface area (Å²) in [4.78, 5) is 21.3. The van der Waals surface area contributed by atoms with E-state index >= 15 is 0 Å². The van der Waals surface area contributed by atoms with Crippen molar-refractivity contribution in [3.05, 3.63) is 12.2 Å². The minimum atomic E-state index is -1.07. The Balaban J connectivity index is -0.00000180. The number of aliphatic carboxylic acids is 2. The third kappa shape index (κ3) is 20.0. The van der Waals surface area contributed by atoms with Crippen molar-refractivity contribution >= 4 is 115 Å². The van der Waals surface area contributed by atoms with Crippen molar-refractivity contribution in [3.63, 3.8) is 0 Å². The summed E-state index contributed by atoms with van der Waals surface area (Å²) in [5, 5.41) is 17.4. The fourth-order valence-electron chi connectivity index (χ4n) is 2.08. The summed E-state index contributed by atoms with van der Waals surface area (Å²) in [6, 6.07) is 0. The first-order chi connectivity index (χ1) is 9.57. The second-order valence-electron chi connectivity index (χ2n) is 5.23. The predicted molar refractivity (Wildman–Crippen MR) is 91.3 cm³/mol. The maximum atomic E-state index is 10.8. The van der Waals surface area contributed by atoms with E-state index in [0.29, 0.717) is 0 Å². The van der Waals surface area contributed by atoms with Gasteiger partial charge in [0.1, 0.15) is 0 Å². The van der Waals surface area contributed by atoms with Crippen LogP contribution in [0.25, 0.3) is 0 Å². The van der Waals surface area contributed by atoms with Crippen LogP contribution in [0.1, 0.15) is 71.1 Å². The summed E-state index contributed by atoms with van der Waals surface area (Å²) < 4.78 is 0. The van der Waals surface area contributed by atoms with Crippen LogP contribution in [0.3, 0.4) is 0 Å². The van der Waals surface area contributed by atoms with Crippen LogP contribution < -0.4 is 0 Å². The summed E-state index contributed by atoms with van der Waals surface area (Å²) in [7, 11) is 0. The fraction of sp³-hybridized carbons (Fsp3) is 0.750. The average Bonchev–Trinajstić information content (AvgIpc) is 2.39. The molecular weight excluding hydrogens is 334 g/mol. The van der Waals surface area contributed by atoms with Gasteiger partial charge in [-0.05, 0) is 12.8 Å². The molecule has 0 aromatic carbocycles. The first-order valence-electron chi connectivity index (χ1n) is 7.69. The van der Waals surface area contributed by atoms with Gasteiger partial charge < -0.3 is 10.2 Å². The molecule has 0 saturated heterocycles. The van der Waals surface area contributed by atoms with E-state index in [2.05, 4.69) is 6.92 Å². The number of carbonyl (C=O) groups is 2. The van der Waals surface area contributed by atoms with Gasteiger partial charge in [0.15, 0.2) is 0 Å². The Morgan fingerprint density at radius 1 is 0.909 bits per heavy atom. The number of hydrogen-bond acceptors (Lipinski definition) is 2. The van der Waals surface area contributed by atoms with Gasteiger partial charge in [-0.15, -0.1) is 0 Å². The van der Waals surface area contributed by atoms with Gasteiger partial charge in [-0.3, -0.25) is 9.59 Å². The molecule has 0 aromatic rings. The minimum Gasteiger partial charge on any atom is -0.481 e. The largest absolute Gasteiger partial charge is 0.481 e. The molecule has 0 aliphatic carbocycles. The zero-order valence-corrected chi connectivity index (χ0v) is 20.8. The molecule has 0 rings (SSSR count). The second kappa shape index (κ2) is 21.0. The van der Waals surface area contributed by atoms with Crippen LogP contribution in [-0.4, -0.2) is 125 Å². The van der Waals surface area contributed by atoms with E-state index in [1.54, 1.807) is 6.08 Å². The van der Waals surface area contributed by atoms with Crippen LogP contribution in [-0.2, 0) is 9.59 Å². The molecule has 0 aliphatic rings. The number of allylic oxidation sites excluding steroid dienone is 1. The SMILES string of the molecule is CCCCCCCCCCC=CC(CC(=O)O)C(=O)O.[K].[K]. The van der Waals surface area contributed by atoms with Crippen LogP contribution in [0.15, 0.2) is 12.2 Å². The third-order valence-corrected chi connectivity index (χ3v) is 3.30. The Morgan fingerprint density at radius 3 is 1.86 bits per heavy atom. The zero-order chi connectivity index (χ0) is 15.2. The molecule has 0 spiro atoms. The van der Waals surface area contributed by atoms with Crippen LogP contribution in [0.5, 0.6) is 0 Å². The standard InChI is InChI=1S/C16H28O4.2K/c1-2-3-4-5-6-7-8-9-10-11-12-14(16(19)20)13-15(17)18;;/h11-12,14H,2-10,13H2,1H3,(H,17,18)(H,19,20);;. The van der Waals surface area contributed by atoms with Crippen LogP contribution in [0.2, 0.25) is 0 Å². The van der Waals surface area contributed by atoms with Crippen molar-refractivity contribution < 1.29 is 19.8 Å². The summed E-state index contributed by atoms with van der Waals surface area (Å²) >= 11 is 0. The topological polar surface area (TPSA) is 74.6 Å². The molecule has 0 saturated carbocycles. The Kier molecular flexibility index (Phi) is 27.4. The van der Waals surface area contributed by atoms with Crippen LogP contribution in [0.4, 0.5) is 0 Å². The molecule has 2 radical (unpaired) electrons. The molecule has 1 unspecified atom stereocenters. The molecule has 0 bridgehead atoms. The van der Waals surface area contributed by atoms with Gasteiger partial charge in [-0.25, -0.2) is 0 Å². The summed E-state index contributed by atoms with van der Waals surface area (Å²) in [5.41, 5.74) is 0. The maximum Gasteiger partial charge on any atom is 0.310 e. The van der Waals surface area contributed by atoms with Gasteiger partial charge >= 0.3 is 11.9 Å². The number of hydrogen-bond donors (Lipinski definition) is 2. The number of carboxylic acid groups (broad SMARTS) is 2. The van der Waals surface area contributed by atoms with E-state index in [-0.39, 0.29) is 109 Å². The van der Waals surface area contributed by atoms with Gasteiger partial charge in [0.2, 0.25) is 0 Å². The maximum absolute atomic E-state index is 10.8. The fourth-order valence-corrected chi connectivity index (χ4v) is 2.08. The second-order valence-corrected chi connectivity index (χ2v) is 5.23. The average molecular weight is 363 g/mol. The first-order valence-corrected chi connectivity index (χ1v) is 7.69. The van der Waals surface area contributed by atoms with Crippen molar-refractivity contribution in [1.82, 2.24) is 0 Å². The van der Waals surface area contributed by atoms with E-state index in [1.807, 2.05) is 0 Å². The van der Waals surface area contributed by atoms with E-state index < -0.39 is 17.9 Å². The van der Waals surface area contributed by atoms with Gasteiger partial charge in [-0.1, -0.05) is 64.0 Å². The Labute approximate surface area is 219 Å². The molecule has 0 aromatic heterocycles. The molecule has 4 nitrogen and oxygen atoms in total. The molecule has 0 fully saturated rings. The smallest absolute Gasteiger partial charge is 0.310 e. The van der Waals surface area contributed by atoms with Crippen molar-refractivity contribution in [1.29, 1.82) is 0 Å². The monoisotopic (exact) mass is 362 g/mol. The van der Waals surface area contributed by atoms with Crippen molar-refractivity contribution in [2.45, 2.75) is 71.1 Å². The van der Waals surface area contributed by atoms with E-state index in [4.69, 9.17) is 10.2 Å². The molecular formula is C16H28K2O4. The minimum absolute atomic E-state index is 0. The first kappa shape index (κ1) is 28.7. The van der Waals surface area contributed by atoms with Crippen molar-refractivity contribution in [3.8, 4) is 0 Å². The molecule has 2 N–H and O–H groups in total. The molecule has 118 valence electrons. The molecule has 0 heterocycles. The summed E-state index contributed by atoms with van der Waals surface area (Å²) in [5.74, 6) is -3.05. The van der Waals surface area contributed by atoms with E-state index in [9.17, 15) is 9.59 Å². The molecule has 0 aliphatic heterocycles. The van der Waals surface area contributed by atoms with E-state index in [1.165, 1.54) is 44.6 Å². The normalized spacial score (nSPS) is 11.5. The van der Waals surface area contributed by atoms with Gasteiger partial charge in [0, 0.05) is 103 Å². The molecule has 6 heteroatoms. The van der Waals surface area contributed by atoms with Crippen LogP contribution >= 0.6 is 0 Å². The van der Waals surface area contributed by atoms with Gasteiger partial charge in [0.25, 0.3) is 0 Å².